The van der Waals surface area contributed by atoms with Crippen molar-refractivity contribution < 1.29 is 29.1 Å². The topological polar surface area (TPSA) is 222 Å². The van der Waals surface area contributed by atoms with Gasteiger partial charge in [0.25, 0.3) is 0 Å². The molecule has 0 bridgehead atoms. The molecule has 5 unspecified atom stereocenters. The van der Waals surface area contributed by atoms with Gasteiger partial charge in [0.05, 0.1) is 18.8 Å². The normalized spacial score (nSPS) is 15.5. The minimum absolute atomic E-state index is 0.00622. The Morgan fingerprint density at radius 3 is 2.25 bits per heavy atom. The van der Waals surface area contributed by atoms with E-state index in [0.717, 1.165) is 0 Å². The van der Waals surface area contributed by atoms with Gasteiger partial charge in [-0.3, -0.25) is 19.2 Å². The molecule has 0 saturated carbocycles. The molecule has 0 aliphatic rings. The lowest BCUT2D eigenvalue weighted by atomic mass is 9.98. The highest BCUT2D eigenvalue weighted by Crippen LogP contribution is 2.09. The van der Waals surface area contributed by atoms with Crippen molar-refractivity contribution >= 4 is 29.6 Å². The molecule has 1 aromatic rings. The summed E-state index contributed by atoms with van der Waals surface area (Å²) in [5.74, 6) is -4.48. The fourth-order valence-electron chi connectivity index (χ4n) is 2.75. The van der Waals surface area contributed by atoms with Crippen molar-refractivity contribution in [1.29, 1.82) is 0 Å². The number of imidazole rings is 1. The number of nitrogens with one attached hydrogen (secondary N) is 4. The average Bonchev–Trinajstić information content (AvgIpc) is 3.22. The summed E-state index contributed by atoms with van der Waals surface area (Å²) in [5, 5.41) is 16.7. The highest BCUT2D eigenvalue weighted by molar-refractivity contribution is 5.94. The Labute approximate surface area is 185 Å². The van der Waals surface area contributed by atoms with E-state index in [1.165, 1.54) is 19.4 Å². The van der Waals surface area contributed by atoms with Crippen molar-refractivity contribution in [2.75, 3.05) is 0 Å². The highest BCUT2D eigenvalue weighted by Gasteiger charge is 2.31. The predicted octanol–water partition coefficient (Wildman–Crippen LogP) is -2.24. The first-order chi connectivity index (χ1) is 15.0. The Morgan fingerprint density at radius 1 is 1.09 bits per heavy atom. The van der Waals surface area contributed by atoms with Gasteiger partial charge in [0.2, 0.25) is 23.6 Å². The number of aromatic amines is 1. The van der Waals surface area contributed by atoms with Crippen molar-refractivity contribution in [3.8, 4) is 0 Å². The average molecular weight is 454 g/mol. The smallest absolute Gasteiger partial charge is 0.326 e. The molecule has 13 heteroatoms. The standard InChI is InChI=1S/C19H31N7O6/c1-4-9(2)15(19(31)32)26-18(30)13(5-11-7-22-8-23-11)25-16(28)10(3)24-17(29)12(20)6-14(21)27/h7-10,12-13,15H,4-6,20H2,1-3H3,(H2,21,27)(H,22,23)(H,24,29)(H,25,28)(H,26,30)(H,31,32). The van der Waals surface area contributed by atoms with Crippen LogP contribution in [0, 0.1) is 5.92 Å². The summed E-state index contributed by atoms with van der Waals surface area (Å²) in [4.78, 5) is 66.6. The predicted molar refractivity (Wildman–Crippen MR) is 113 cm³/mol. The maximum atomic E-state index is 12.8. The van der Waals surface area contributed by atoms with Gasteiger partial charge in [-0.25, -0.2) is 9.78 Å². The summed E-state index contributed by atoms with van der Waals surface area (Å²) in [6, 6.07) is -4.60. The Morgan fingerprint density at radius 2 is 1.75 bits per heavy atom. The number of nitrogens with zero attached hydrogens (tertiary/aromatic N) is 1. The number of aromatic nitrogens is 2. The second-order valence-corrected chi connectivity index (χ2v) is 7.56. The molecule has 178 valence electrons. The Kier molecular flexibility index (Phi) is 10.3. The molecule has 13 nitrogen and oxygen atoms in total. The third-order valence-electron chi connectivity index (χ3n) is 4.90. The molecule has 1 aromatic heterocycles. The number of carboxylic acid groups (broad SMARTS) is 1. The SMILES string of the molecule is CCC(C)C(NC(=O)C(Cc1cnc[nH]1)NC(=O)C(C)NC(=O)C(N)CC(N)=O)C(=O)O. The van der Waals surface area contributed by atoms with Crippen LogP contribution in [-0.4, -0.2) is 68.8 Å². The molecule has 4 amide bonds. The van der Waals surface area contributed by atoms with Gasteiger partial charge in [-0.05, 0) is 12.8 Å². The van der Waals surface area contributed by atoms with E-state index in [1.807, 2.05) is 0 Å². The molecular weight excluding hydrogens is 422 g/mol. The summed E-state index contributed by atoms with van der Waals surface area (Å²) in [6.45, 7) is 4.85. The molecule has 0 fully saturated rings. The number of aliphatic carboxylic acids is 1. The van der Waals surface area contributed by atoms with E-state index in [4.69, 9.17) is 11.5 Å². The minimum atomic E-state index is -1.22. The van der Waals surface area contributed by atoms with Gasteiger partial charge in [-0.15, -0.1) is 0 Å². The third kappa shape index (κ3) is 8.34. The Balaban J connectivity index is 2.90. The largest absolute Gasteiger partial charge is 0.480 e. The summed E-state index contributed by atoms with van der Waals surface area (Å²) in [6.07, 6.45) is 2.99. The number of amides is 4. The Bertz CT molecular complexity index is 813. The summed E-state index contributed by atoms with van der Waals surface area (Å²) < 4.78 is 0. The van der Waals surface area contributed by atoms with Gasteiger partial charge >= 0.3 is 5.97 Å². The van der Waals surface area contributed by atoms with Gasteiger partial charge in [-0.1, -0.05) is 20.3 Å². The van der Waals surface area contributed by atoms with E-state index in [0.29, 0.717) is 12.1 Å². The van der Waals surface area contributed by atoms with Gasteiger partial charge in [0, 0.05) is 18.3 Å². The first-order valence-corrected chi connectivity index (χ1v) is 10.1. The lowest BCUT2D eigenvalue weighted by molar-refractivity contribution is -0.143. The second-order valence-electron chi connectivity index (χ2n) is 7.56. The molecule has 0 radical (unpaired) electrons. The van der Waals surface area contributed by atoms with Crippen LogP contribution in [0.15, 0.2) is 12.5 Å². The van der Waals surface area contributed by atoms with E-state index in [1.54, 1.807) is 13.8 Å². The van der Waals surface area contributed by atoms with Gasteiger partial charge in [-0.2, -0.15) is 0 Å². The number of nitrogens with two attached hydrogens (primary N) is 2. The number of hydrogen-bond donors (Lipinski definition) is 7. The molecule has 0 aliphatic carbocycles. The number of rotatable bonds is 13. The van der Waals surface area contributed by atoms with Crippen LogP contribution in [0.4, 0.5) is 0 Å². The van der Waals surface area contributed by atoms with E-state index >= 15 is 0 Å². The zero-order valence-electron chi connectivity index (χ0n) is 18.3. The van der Waals surface area contributed by atoms with Crippen molar-refractivity contribution in [2.45, 2.75) is 64.2 Å². The molecule has 1 heterocycles. The van der Waals surface area contributed by atoms with Gasteiger partial charge in [0.15, 0.2) is 0 Å². The van der Waals surface area contributed by atoms with E-state index in [2.05, 4.69) is 25.9 Å². The quantitative estimate of drug-likeness (QED) is 0.172. The summed E-state index contributed by atoms with van der Waals surface area (Å²) >= 11 is 0. The van der Waals surface area contributed by atoms with E-state index < -0.39 is 60.2 Å². The van der Waals surface area contributed by atoms with E-state index in [-0.39, 0.29) is 12.3 Å². The zero-order chi connectivity index (χ0) is 24.4. The lowest BCUT2D eigenvalue weighted by Gasteiger charge is -2.25. The fourth-order valence-corrected chi connectivity index (χ4v) is 2.75. The lowest BCUT2D eigenvalue weighted by Crippen LogP contribution is -2.57. The Hall–Kier alpha value is -3.48. The van der Waals surface area contributed by atoms with Crippen LogP contribution < -0.4 is 27.4 Å². The molecule has 0 aliphatic heterocycles. The molecule has 9 N–H and O–H groups in total. The van der Waals surface area contributed by atoms with Crippen LogP contribution in [0.3, 0.4) is 0 Å². The molecule has 32 heavy (non-hydrogen) atoms. The van der Waals surface area contributed by atoms with Crippen LogP contribution in [0.2, 0.25) is 0 Å². The zero-order valence-corrected chi connectivity index (χ0v) is 18.3. The maximum absolute atomic E-state index is 12.8. The van der Waals surface area contributed by atoms with Gasteiger partial charge in [0.1, 0.15) is 18.1 Å². The van der Waals surface area contributed by atoms with Crippen LogP contribution >= 0.6 is 0 Å². The van der Waals surface area contributed by atoms with Crippen LogP contribution in [-0.2, 0) is 30.4 Å². The van der Waals surface area contributed by atoms with Crippen molar-refractivity contribution in [1.82, 2.24) is 25.9 Å². The van der Waals surface area contributed by atoms with Crippen molar-refractivity contribution in [2.24, 2.45) is 17.4 Å². The first-order valence-electron chi connectivity index (χ1n) is 10.1. The molecule has 0 saturated heterocycles. The minimum Gasteiger partial charge on any atom is -0.480 e. The fraction of sp³-hybridized carbons (Fsp3) is 0.579. The number of carbonyl (C=O) groups is 5. The number of H-pyrrole nitrogens is 1. The van der Waals surface area contributed by atoms with E-state index in [9.17, 15) is 29.1 Å². The van der Waals surface area contributed by atoms with Crippen LogP contribution in [0.5, 0.6) is 0 Å². The first kappa shape index (κ1) is 26.6. The number of hydrogen-bond acceptors (Lipinski definition) is 7. The maximum Gasteiger partial charge on any atom is 0.326 e. The van der Waals surface area contributed by atoms with Gasteiger partial charge < -0.3 is 37.5 Å². The van der Waals surface area contributed by atoms with Crippen LogP contribution in [0.1, 0.15) is 39.3 Å². The van der Waals surface area contributed by atoms with Crippen molar-refractivity contribution in [3.05, 3.63) is 18.2 Å². The third-order valence-corrected chi connectivity index (χ3v) is 4.90. The molecule has 1 rings (SSSR count). The number of carboxylic acids is 1. The number of primary amides is 1. The second kappa shape index (κ2) is 12.4. The monoisotopic (exact) mass is 453 g/mol. The molecule has 0 aromatic carbocycles. The molecule has 5 atom stereocenters. The molecular formula is C19H31N7O6. The van der Waals surface area contributed by atoms with Crippen molar-refractivity contribution in [3.63, 3.8) is 0 Å². The molecule has 0 spiro atoms. The number of carbonyl (C=O) groups excluding carboxylic acids is 4. The summed E-state index contributed by atoms with van der Waals surface area (Å²) in [5.41, 5.74) is 11.1. The summed E-state index contributed by atoms with van der Waals surface area (Å²) in [7, 11) is 0. The highest BCUT2D eigenvalue weighted by atomic mass is 16.4. The van der Waals surface area contributed by atoms with Crippen LogP contribution in [0.25, 0.3) is 0 Å².